The lowest BCUT2D eigenvalue weighted by atomic mass is 9.57. The molecule has 1 aromatic carbocycles. The van der Waals surface area contributed by atoms with Crippen molar-refractivity contribution in [3.63, 3.8) is 0 Å². The number of phenols is 1. The number of nitrogens with two attached hydrogens (primary N) is 1. The molecule has 14 heteroatoms. The first-order valence-corrected chi connectivity index (χ1v) is 13.3. The second-order valence-corrected chi connectivity index (χ2v) is 10.9. The molecule has 1 saturated heterocycles. The molecule has 1 amide bonds. The van der Waals surface area contributed by atoms with Crippen LogP contribution in [0.5, 0.6) is 5.75 Å². The van der Waals surface area contributed by atoms with E-state index in [0.29, 0.717) is 19.4 Å². The van der Waals surface area contributed by atoms with Crippen LogP contribution in [-0.2, 0) is 27.0 Å². The van der Waals surface area contributed by atoms with Crippen molar-refractivity contribution in [1.29, 1.82) is 0 Å². The molecule has 2 fully saturated rings. The number of benzene rings is 1. The Kier molecular flexibility index (Phi) is 7.17. The molecular weight excluding hydrogens is 551 g/mol. The Bertz CT molecular complexity index is 1400. The summed E-state index contributed by atoms with van der Waals surface area (Å²) in [5.41, 5.74) is -1.47. The maximum atomic E-state index is 14.6. The van der Waals surface area contributed by atoms with E-state index in [0.717, 1.165) is 6.07 Å². The number of aliphatic hydroxyl groups is 4. The predicted molar refractivity (Wildman–Crippen MR) is 135 cm³/mol. The summed E-state index contributed by atoms with van der Waals surface area (Å²) in [6.07, 6.45) is -4.57. The highest BCUT2D eigenvalue weighted by atomic mass is 19.4. The third-order valence-corrected chi connectivity index (χ3v) is 8.65. The fourth-order valence-corrected chi connectivity index (χ4v) is 6.91. The summed E-state index contributed by atoms with van der Waals surface area (Å²) in [4.78, 5) is 39.2. The molecule has 5 atom stereocenters. The zero-order valence-corrected chi connectivity index (χ0v) is 21.7. The van der Waals surface area contributed by atoms with E-state index in [4.69, 9.17) is 10.8 Å². The van der Waals surface area contributed by atoms with E-state index >= 15 is 0 Å². The molecule has 1 saturated carbocycles. The van der Waals surface area contributed by atoms with Gasteiger partial charge in [-0.2, -0.15) is 13.2 Å². The minimum Gasteiger partial charge on any atom is -0.508 e. The van der Waals surface area contributed by atoms with Crippen LogP contribution in [0.4, 0.5) is 13.2 Å². The summed E-state index contributed by atoms with van der Waals surface area (Å²) in [5.74, 6) is -9.37. The number of halogens is 3. The number of nitrogens with one attached hydrogen (secondary N) is 2. The van der Waals surface area contributed by atoms with Crippen LogP contribution in [0.15, 0.2) is 23.0 Å². The number of primary amides is 1. The van der Waals surface area contributed by atoms with Gasteiger partial charge in [0.1, 0.15) is 22.8 Å². The highest BCUT2D eigenvalue weighted by Crippen LogP contribution is 2.54. The number of amides is 1. The number of alkyl halides is 3. The normalized spacial score (nSPS) is 29.9. The predicted octanol–water partition coefficient (Wildman–Crippen LogP) is 0.818. The Morgan fingerprint density at radius 2 is 1.93 bits per heavy atom. The summed E-state index contributed by atoms with van der Waals surface area (Å²) < 4.78 is 43.7. The number of Topliss-reactive ketones (excluding diaryl/α,β-unsaturated/α-hetero) is 2. The second kappa shape index (κ2) is 10.1. The number of hydrogen-bond acceptors (Lipinski definition) is 10. The van der Waals surface area contributed by atoms with Gasteiger partial charge < -0.3 is 41.9 Å². The van der Waals surface area contributed by atoms with E-state index < -0.39 is 105 Å². The summed E-state index contributed by atoms with van der Waals surface area (Å²) in [7, 11) is 0. The van der Waals surface area contributed by atoms with Crippen molar-refractivity contribution >= 4 is 23.2 Å². The van der Waals surface area contributed by atoms with Crippen LogP contribution < -0.4 is 16.4 Å². The number of fused-ring (bicyclic) bond motifs is 3. The highest BCUT2D eigenvalue weighted by Gasteiger charge is 2.64. The second-order valence-electron chi connectivity index (χ2n) is 10.9. The fraction of sp³-hybridized carbons (Fsp3) is 0.519. The van der Waals surface area contributed by atoms with E-state index in [1.165, 1.54) is 0 Å². The SMILES string of the molecule is NC(=O)C1=C(O)[C@@]2(O)C(=O)C3=C(O)c4c(O)cc(C5CCCN5)c(C(F)(F)F)c4C[C@H]3C[C@H]2[C@H](NCCCO)C1=O. The summed E-state index contributed by atoms with van der Waals surface area (Å²) in [5, 5.41) is 59.5. The van der Waals surface area contributed by atoms with Gasteiger partial charge >= 0.3 is 6.18 Å². The van der Waals surface area contributed by atoms with Gasteiger partial charge in [-0.1, -0.05) is 0 Å². The van der Waals surface area contributed by atoms with Crippen molar-refractivity contribution in [3.8, 4) is 5.75 Å². The maximum absolute atomic E-state index is 14.6. The van der Waals surface area contributed by atoms with E-state index in [1.54, 1.807) is 0 Å². The molecule has 41 heavy (non-hydrogen) atoms. The van der Waals surface area contributed by atoms with Gasteiger partial charge in [-0.3, -0.25) is 14.4 Å². The largest absolute Gasteiger partial charge is 0.508 e. The molecule has 1 unspecified atom stereocenters. The van der Waals surface area contributed by atoms with Crippen molar-refractivity contribution in [1.82, 2.24) is 10.6 Å². The van der Waals surface area contributed by atoms with Gasteiger partial charge in [-0.05, 0) is 68.3 Å². The van der Waals surface area contributed by atoms with Crippen molar-refractivity contribution < 1.29 is 53.1 Å². The van der Waals surface area contributed by atoms with Crippen molar-refractivity contribution in [3.05, 3.63) is 45.2 Å². The molecule has 1 aromatic rings. The third kappa shape index (κ3) is 4.31. The van der Waals surface area contributed by atoms with Gasteiger partial charge in [0, 0.05) is 24.1 Å². The summed E-state index contributed by atoms with van der Waals surface area (Å²) in [6, 6.07) is -1.25. The Morgan fingerprint density at radius 1 is 1.22 bits per heavy atom. The fourth-order valence-electron chi connectivity index (χ4n) is 6.91. The molecule has 0 aromatic heterocycles. The first kappa shape index (κ1) is 29.0. The van der Waals surface area contributed by atoms with Crippen LogP contribution in [0.3, 0.4) is 0 Å². The van der Waals surface area contributed by atoms with Crippen LogP contribution >= 0.6 is 0 Å². The lowest BCUT2D eigenvalue weighted by Gasteiger charge is -2.49. The monoisotopic (exact) mass is 581 g/mol. The molecule has 0 spiro atoms. The Balaban J connectivity index is 1.71. The molecule has 222 valence electrons. The topological polar surface area (TPSA) is 202 Å². The molecule has 9 N–H and O–H groups in total. The van der Waals surface area contributed by atoms with Crippen LogP contribution in [0.1, 0.15) is 54.0 Å². The average Bonchev–Trinajstić information content (AvgIpc) is 3.42. The molecule has 11 nitrogen and oxygen atoms in total. The lowest BCUT2D eigenvalue weighted by molar-refractivity contribution is -0.150. The molecule has 0 radical (unpaired) electrons. The van der Waals surface area contributed by atoms with Gasteiger partial charge in [0.2, 0.25) is 5.78 Å². The van der Waals surface area contributed by atoms with Crippen LogP contribution in [-0.4, -0.2) is 74.3 Å². The number of phenolic OH excluding ortho intramolecular Hbond substituents is 1. The molecule has 0 bridgehead atoms. The van der Waals surface area contributed by atoms with E-state index in [1.807, 2.05) is 0 Å². The van der Waals surface area contributed by atoms with Gasteiger partial charge in [-0.25, -0.2) is 0 Å². The zero-order chi connectivity index (χ0) is 30.0. The number of aliphatic hydroxyl groups excluding tert-OH is 3. The van der Waals surface area contributed by atoms with Crippen molar-refractivity contribution in [2.24, 2.45) is 17.6 Å². The average molecular weight is 582 g/mol. The van der Waals surface area contributed by atoms with Gasteiger partial charge in [0.25, 0.3) is 5.91 Å². The number of aromatic hydroxyl groups is 1. The van der Waals surface area contributed by atoms with Crippen LogP contribution in [0.2, 0.25) is 0 Å². The van der Waals surface area contributed by atoms with Crippen LogP contribution in [0.25, 0.3) is 5.76 Å². The molecular formula is C27H30F3N3O8. The molecule has 5 rings (SSSR count). The molecule has 3 aliphatic carbocycles. The van der Waals surface area contributed by atoms with Crippen LogP contribution in [0, 0.1) is 11.8 Å². The van der Waals surface area contributed by atoms with Gasteiger partial charge in [0.05, 0.1) is 17.2 Å². The Labute approximate surface area is 231 Å². The standard InChI is InChI=1S/C27H30F3N3O8/c28-27(29,30)19-11(14-3-1-4-32-14)9-15(35)17-12(19)7-10-8-13-20(33-5-2-6-34)22(37)18(25(31)40)24(39)26(13,41)23(38)16(10)21(17)36/h9-10,13-14,20,32-36,39,41H,1-8H2,(H2,31,40)/t10-,13-,14?,20-,26-/m0/s1. The molecule has 1 aliphatic heterocycles. The number of hydrogen-bond donors (Lipinski definition) is 8. The number of carbonyl (C=O) groups is 3. The minimum absolute atomic E-state index is 0.00816. The molecule has 1 heterocycles. The highest BCUT2D eigenvalue weighted by molar-refractivity contribution is 6.24. The summed E-state index contributed by atoms with van der Waals surface area (Å²) in [6.45, 7) is 0.189. The van der Waals surface area contributed by atoms with Crippen molar-refractivity contribution in [2.45, 2.75) is 56.0 Å². The molecule has 4 aliphatic rings. The van der Waals surface area contributed by atoms with Crippen molar-refractivity contribution in [2.75, 3.05) is 19.7 Å². The zero-order valence-electron chi connectivity index (χ0n) is 21.7. The number of carbonyl (C=O) groups excluding carboxylic acids is 3. The quantitative estimate of drug-likeness (QED) is 0.176. The third-order valence-electron chi connectivity index (χ3n) is 8.65. The first-order chi connectivity index (χ1) is 19.2. The van der Waals surface area contributed by atoms with E-state index in [9.17, 15) is 48.0 Å². The maximum Gasteiger partial charge on any atom is 0.417 e. The number of ketones is 2. The smallest absolute Gasteiger partial charge is 0.417 e. The Hall–Kier alpha value is -3.46. The lowest BCUT2D eigenvalue weighted by Crippen LogP contribution is -2.66. The minimum atomic E-state index is -4.89. The van der Waals surface area contributed by atoms with E-state index in [-0.39, 0.29) is 31.6 Å². The first-order valence-electron chi connectivity index (χ1n) is 13.3. The Morgan fingerprint density at radius 3 is 2.51 bits per heavy atom. The number of rotatable bonds is 6. The summed E-state index contributed by atoms with van der Waals surface area (Å²) >= 11 is 0. The van der Waals surface area contributed by atoms with Gasteiger partial charge in [0.15, 0.2) is 11.4 Å². The van der Waals surface area contributed by atoms with Gasteiger partial charge in [-0.15, -0.1) is 0 Å². The van der Waals surface area contributed by atoms with E-state index in [2.05, 4.69) is 10.6 Å².